The molecular formula is C19H22FN3O. The van der Waals surface area contributed by atoms with E-state index < -0.39 is 0 Å². The van der Waals surface area contributed by atoms with E-state index in [-0.39, 0.29) is 11.7 Å². The zero-order chi connectivity index (χ0) is 16.5. The maximum absolute atomic E-state index is 13.4. The molecule has 1 aromatic carbocycles. The summed E-state index contributed by atoms with van der Waals surface area (Å²) >= 11 is 0. The summed E-state index contributed by atoms with van der Waals surface area (Å²) in [6.07, 6.45) is 6.73. The third-order valence-corrected chi connectivity index (χ3v) is 5.31. The van der Waals surface area contributed by atoms with Crippen LogP contribution in [0.2, 0.25) is 0 Å². The summed E-state index contributed by atoms with van der Waals surface area (Å²) in [5, 5.41) is 4.37. The summed E-state index contributed by atoms with van der Waals surface area (Å²) < 4.78 is 15.4. The smallest absolute Gasteiger partial charge is 0.257 e. The van der Waals surface area contributed by atoms with Gasteiger partial charge in [0, 0.05) is 19.6 Å². The normalized spacial score (nSPS) is 18.5. The quantitative estimate of drug-likeness (QED) is 0.848. The molecule has 1 aromatic heterocycles. The average molecular weight is 327 g/mol. The number of likely N-dealkylation sites (tertiary alicyclic amines) is 1. The van der Waals surface area contributed by atoms with Crippen molar-refractivity contribution in [1.82, 2.24) is 14.7 Å². The van der Waals surface area contributed by atoms with Gasteiger partial charge in [-0.05, 0) is 55.7 Å². The zero-order valence-electron chi connectivity index (χ0n) is 13.7. The number of hydrogen-bond acceptors (Lipinski definition) is 2. The van der Waals surface area contributed by atoms with Crippen molar-refractivity contribution in [3.05, 3.63) is 53.1 Å². The van der Waals surface area contributed by atoms with Crippen LogP contribution in [0.5, 0.6) is 0 Å². The lowest BCUT2D eigenvalue weighted by atomic mass is 9.89. The minimum atomic E-state index is -0.183. The fourth-order valence-corrected chi connectivity index (χ4v) is 3.95. The van der Waals surface area contributed by atoms with Crippen LogP contribution in [-0.2, 0) is 13.0 Å². The summed E-state index contributed by atoms with van der Waals surface area (Å²) in [6.45, 7) is 2.37. The second-order valence-corrected chi connectivity index (χ2v) is 6.81. The van der Waals surface area contributed by atoms with Crippen LogP contribution in [0.25, 0.3) is 0 Å². The molecule has 126 valence electrons. The molecule has 4 rings (SSSR count). The Hall–Kier alpha value is -2.17. The van der Waals surface area contributed by atoms with Gasteiger partial charge in [0.2, 0.25) is 0 Å². The summed E-state index contributed by atoms with van der Waals surface area (Å²) in [4.78, 5) is 14.8. The second kappa shape index (κ2) is 6.38. The number of amides is 1. The van der Waals surface area contributed by atoms with Crippen LogP contribution in [0.4, 0.5) is 4.39 Å². The Labute approximate surface area is 141 Å². The lowest BCUT2D eigenvalue weighted by molar-refractivity contribution is 0.0711. The van der Waals surface area contributed by atoms with Gasteiger partial charge in [0.15, 0.2) is 0 Å². The van der Waals surface area contributed by atoms with E-state index in [0.29, 0.717) is 5.92 Å². The molecule has 0 saturated carbocycles. The Bertz CT molecular complexity index is 747. The molecule has 24 heavy (non-hydrogen) atoms. The van der Waals surface area contributed by atoms with Crippen LogP contribution in [0.3, 0.4) is 0 Å². The minimum Gasteiger partial charge on any atom is -0.338 e. The summed E-state index contributed by atoms with van der Waals surface area (Å²) in [7, 11) is 0. The highest BCUT2D eigenvalue weighted by Crippen LogP contribution is 2.29. The molecule has 0 spiro atoms. The number of aryl methyl sites for hydroxylation is 1. The number of carbonyl (C=O) groups excluding carboxylic acids is 1. The van der Waals surface area contributed by atoms with Gasteiger partial charge in [-0.3, -0.25) is 9.48 Å². The van der Waals surface area contributed by atoms with E-state index in [2.05, 4.69) is 5.10 Å². The lowest BCUT2D eigenvalue weighted by Gasteiger charge is -2.32. The van der Waals surface area contributed by atoms with Gasteiger partial charge >= 0.3 is 0 Å². The van der Waals surface area contributed by atoms with Crippen molar-refractivity contribution in [2.45, 2.75) is 44.6 Å². The van der Waals surface area contributed by atoms with Crippen molar-refractivity contribution in [2.75, 3.05) is 13.1 Å². The van der Waals surface area contributed by atoms with Gasteiger partial charge in [-0.15, -0.1) is 0 Å². The van der Waals surface area contributed by atoms with Crippen LogP contribution >= 0.6 is 0 Å². The van der Waals surface area contributed by atoms with Crippen molar-refractivity contribution >= 4 is 5.91 Å². The van der Waals surface area contributed by atoms with Crippen molar-refractivity contribution in [3.63, 3.8) is 0 Å². The molecule has 2 aromatic rings. The van der Waals surface area contributed by atoms with E-state index in [1.54, 1.807) is 18.3 Å². The standard InChI is InChI=1S/C19H22FN3O/c20-16-5-3-4-15(12-16)14-7-10-22(11-8-14)19(24)17-13-21-23-9-2-1-6-18(17)23/h3-5,12-14H,1-2,6-11H2. The first-order valence-corrected chi connectivity index (χ1v) is 8.82. The Morgan fingerprint density at radius 3 is 2.79 bits per heavy atom. The molecule has 2 aliphatic rings. The minimum absolute atomic E-state index is 0.107. The van der Waals surface area contributed by atoms with E-state index in [9.17, 15) is 9.18 Å². The number of nitrogens with zero attached hydrogens (tertiary/aromatic N) is 3. The van der Waals surface area contributed by atoms with Gasteiger partial charge in [-0.2, -0.15) is 5.10 Å². The number of fused-ring (bicyclic) bond motifs is 1. The third-order valence-electron chi connectivity index (χ3n) is 5.31. The average Bonchev–Trinajstić information content (AvgIpc) is 3.05. The Balaban J connectivity index is 1.44. The van der Waals surface area contributed by atoms with Gasteiger partial charge in [-0.1, -0.05) is 12.1 Å². The molecule has 0 radical (unpaired) electrons. The maximum atomic E-state index is 13.4. The topological polar surface area (TPSA) is 38.1 Å². The van der Waals surface area contributed by atoms with E-state index in [0.717, 1.165) is 68.6 Å². The monoisotopic (exact) mass is 327 g/mol. The van der Waals surface area contributed by atoms with Crippen LogP contribution < -0.4 is 0 Å². The molecule has 4 nitrogen and oxygen atoms in total. The summed E-state index contributed by atoms with van der Waals surface area (Å²) in [5.41, 5.74) is 2.92. The largest absolute Gasteiger partial charge is 0.338 e. The number of halogens is 1. The number of piperidine rings is 1. The van der Waals surface area contributed by atoms with Crippen molar-refractivity contribution in [3.8, 4) is 0 Å². The lowest BCUT2D eigenvalue weighted by Crippen LogP contribution is -2.38. The van der Waals surface area contributed by atoms with Crippen molar-refractivity contribution in [2.24, 2.45) is 0 Å². The number of aromatic nitrogens is 2. The predicted molar refractivity (Wildman–Crippen MR) is 89.4 cm³/mol. The van der Waals surface area contributed by atoms with Gasteiger partial charge in [0.25, 0.3) is 5.91 Å². The maximum Gasteiger partial charge on any atom is 0.257 e. The van der Waals surface area contributed by atoms with E-state index >= 15 is 0 Å². The molecule has 0 unspecified atom stereocenters. The molecule has 0 N–H and O–H groups in total. The van der Waals surface area contributed by atoms with E-state index in [1.165, 1.54) is 6.07 Å². The highest BCUT2D eigenvalue weighted by atomic mass is 19.1. The Kier molecular flexibility index (Phi) is 4.08. The molecular weight excluding hydrogens is 305 g/mol. The first-order chi connectivity index (χ1) is 11.7. The molecule has 3 heterocycles. The fraction of sp³-hybridized carbons (Fsp3) is 0.474. The van der Waals surface area contributed by atoms with E-state index in [4.69, 9.17) is 0 Å². The number of carbonyl (C=O) groups is 1. The Morgan fingerprint density at radius 2 is 2.00 bits per heavy atom. The molecule has 0 aliphatic carbocycles. The molecule has 0 bridgehead atoms. The number of benzene rings is 1. The third kappa shape index (κ3) is 2.83. The van der Waals surface area contributed by atoms with Crippen LogP contribution in [0, 0.1) is 5.82 Å². The second-order valence-electron chi connectivity index (χ2n) is 6.81. The fourth-order valence-electron chi connectivity index (χ4n) is 3.95. The van der Waals surface area contributed by atoms with Gasteiger partial charge < -0.3 is 4.90 Å². The molecule has 0 atom stereocenters. The van der Waals surface area contributed by atoms with Crippen molar-refractivity contribution in [1.29, 1.82) is 0 Å². The molecule has 5 heteroatoms. The molecule has 1 amide bonds. The van der Waals surface area contributed by atoms with Gasteiger partial charge in [0.05, 0.1) is 17.5 Å². The van der Waals surface area contributed by atoms with Gasteiger partial charge in [0.1, 0.15) is 5.82 Å². The summed E-state index contributed by atoms with van der Waals surface area (Å²) in [5.74, 6) is 0.263. The van der Waals surface area contributed by atoms with Crippen LogP contribution in [-0.4, -0.2) is 33.7 Å². The van der Waals surface area contributed by atoms with Gasteiger partial charge in [-0.25, -0.2) is 4.39 Å². The number of rotatable bonds is 2. The highest BCUT2D eigenvalue weighted by molar-refractivity contribution is 5.95. The molecule has 2 aliphatic heterocycles. The van der Waals surface area contributed by atoms with E-state index in [1.807, 2.05) is 15.6 Å². The predicted octanol–water partition coefficient (Wildman–Crippen LogP) is 3.38. The zero-order valence-corrected chi connectivity index (χ0v) is 13.7. The molecule has 1 saturated heterocycles. The number of hydrogen-bond donors (Lipinski definition) is 0. The first kappa shape index (κ1) is 15.4. The summed E-state index contributed by atoms with van der Waals surface area (Å²) in [6, 6.07) is 6.85. The highest BCUT2D eigenvalue weighted by Gasteiger charge is 2.28. The van der Waals surface area contributed by atoms with Crippen LogP contribution in [0.15, 0.2) is 30.5 Å². The molecule has 1 fully saturated rings. The van der Waals surface area contributed by atoms with Crippen molar-refractivity contribution < 1.29 is 9.18 Å². The van der Waals surface area contributed by atoms with Crippen LogP contribution in [0.1, 0.15) is 53.2 Å². The first-order valence-electron chi connectivity index (χ1n) is 8.82. The Morgan fingerprint density at radius 1 is 1.17 bits per heavy atom. The SMILES string of the molecule is O=C(c1cnn2c1CCCC2)N1CCC(c2cccc(F)c2)CC1.